The molecule has 1 aliphatic rings. The number of halogens is 1. The maximum Gasteiger partial charge on any atom is 0.268 e. The molecule has 1 N–H and O–H groups in total. The Bertz CT molecular complexity index is 994. The topological polar surface area (TPSA) is 54.3 Å². The molecule has 1 fully saturated rings. The van der Waals surface area contributed by atoms with Gasteiger partial charge in [-0.15, -0.1) is 12.4 Å². The zero-order valence-corrected chi connectivity index (χ0v) is 16.7. The third-order valence-corrected chi connectivity index (χ3v) is 6.62. The number of rotatable bonds is 4. The maximum atomic E-state index is 13.0. The van der Waals surface area contributed by atoms with Gasteiger partial charge in [-0.2, -0.15) is 0 Å². The van der Waals surface area contributed by atoms with E-state index in [2.05, 4.69) is 16.3 Å². The molecular weight excluding hydrogens is 382 g/mol. The van der Waals surface area contributed by atoms with Gasteiger partial charge in [-0.25, -0.2) is 12.4 Å². The lowest BCUT2D eigenvalue weighted by atomic mass is 10.1. The molecule has 0 radical (unpaired) electrons. The van der Waals surface area contributed by atoms with Gasteiger partial charge in [0.2, 0.25) is 0 Å². The minimum atomic E-state index is -3.58. The molecule has 0 amide bonds. The number of benzene rings is 2. The minimum absolute atomic E-state index is 0. The molecule has 27 heavy (non-hydrogen) atoms. The van der Waals surface area contributed by atoms with Gasteiger partial charge in [-0.1, -0.05) is 30.3 Å². The fourth-order valence-electron chi connectivity index (χ4n) is 3.56. The van der Waals surface area contributed by atoms with Crippen LogP contribution in [0.2, 0.25) is 0 Å². The first-order valence-electron chi connectivity index (χ1n) is 8.99. The smallest absolute Gasteiger partial charge is 0.268 e. The van der Waals surface area contributed by atoms with Gasteiger partial charge in [-0.3, -0.25) is 4.90 Å². The predicted octanol–water partition coefficient (Wildman–Crippen LogP) is 3.10. The maximum absolute atomic E-state index is 13.0. The molecule has 0 aliphatic carbocycles. The molecule has 2 aromatic carbocycles. The number of hydrogen-bond acceptors (Lipinski definition) is 4. The first-order valence-corrected chi connectivity index (χ1v) is 10.4. The summed E-state index contributed by atoms with van der Waals surface area (Å²) in [5.74, 6) is 0. The van der Waals surface area contributed by atoms with Gasteiger partial charge in [-0.05, 0) is 49.3 Å². The van der Waals surface area contributed by atoms with Crippen LogP contribution in [0.5, 0.6) is 0 Å². The van der Waals surface area contributed by atoms with Gasteiger partial charge >= 0.3 is 0 Å². The van der Waals surface area contributed by atoms with E-state index in [1.807, 2.05) is 24.3 Å². The molecule has 144 valence electrons. The second kappa shape index (κ2) is 8.44. The zero-order chi connectivity index (χ0) is 18.0. The number of nitrogens with zero attached hydrogens (tertiary/aromatic N) is 2. The standard InChI is InChI=1S/C20H23N3O2S.ClH/c24-26(25,18-7-2-1-3-8-18)23-14-10-19-17(6-4-9-20(19)23)16-22-13-5-11-21-12-15-22;/h1-4,6-10,14,21H,5,11-13,15-16H2;1H. The van der Waals surface area contributed by atoms with E-state index in [0.717, 1.165) is 50.0 Å². The molecule has 0 unspecified atom stereocenters. The van der Waals surface area contributed by atoms with Gasteiger partial charge in [0.15, 0.2) is 0 Å². The van der Waals surface area contributed by atoms with Crippen LogP contribution in [0.3, 0.4) is 0 Å². The Morgan fingerprint density at radius 2 is 1.74 bits per heavy atom. The van der Waals surface area contributed by atoms with Gasteiger partial charge in [0.1, 0.15) is 0 Å². The monoisotopic (exact) mass is 405 g/mol. The van der Waals surface area contributed by atoms with Crippen molar-refractivity contribution in [3.8, 4) is 0 Å². The van der Waals surface area contributed by atoms with Gasteiger partial charge in [0, 0.05) is 31.2 Å². The first kappa shape index (κ1) is 19.9. The van der Waals surface area contributed by atoms with Crippen molar-refractivity contribution in [3.05, 3.63) is 66.4 Å². The average Bonchev–Trinajstić information content (AvgIpc) is 2.95. The van der Waals surface area contributed by atoms with E-state index in [1.54, 1.807) is 30.5 Å². The van der Waals surface area contributed by atoms with E-state index >= 15 is 0 Å². The van der Waals surface area contributed by atoms with Crippen LogP contribution in [0.1, 0.15) is 12.0 Å². The molecular formula is C20H24ClN3O2S. The highest BCUT2D eigenvalue weighted by atomic mass is 35.5. The lowest BCUT2D eigenvalue weighted by Crippen LogP contribution is -2.27. The lowest BCUT2D eigenvalue weighted by Gasteiger charge is -2.20. The van der Waals surface area contributed by atoms with Gasteiger partial charge in [0.25, 0.3) is 10.0 Å². The largest absolute Gasteiger partial charge is 0.315 e. The van der Waals surface area contributed by atoms with Crippen LogP contribution < -0.4 is 5.32 Å². The van der Waals surface area contributed by atoms with Crippen molar-refractivity contribution in [3.63, 3.8) is 0 Å². The highest BCUT2D eigenvalue weighted by molar-refractivity contribution is 7.90. The van der Waals surface area contributed by atoms with Crippen LogP contribution in [-0.2, 0) is 16.6 Å². The molecule has 4 rings (SSSR count). The Kier molecular flexibility index (Phi) is 6.22. The second-order valence-corrected chi connectivity index (χ2v) is 8.47. The van der Waals surface area contributed by atoms with Gasteiger partial charge in [0.05, 0.1) is 10.4 Å². The summed E-state index contributed by atoms with van der Waals surface area (Å²) >= 11 is 0. The summed E-state index contributed by atoms with van der Waals surface area (Å²) in [6, 6.07) is 16.4. The molecule has 0 spiro atoms. The van der Waals surface area contributed by atoms with Crippen molar-refractivity contribution in [2.45, 2.75) is 17.9 Å². The molecule has 5 nitrogen and oxygen atoms in total. The minimum Gasteiger partial charge on any atom is -0.315 e. The lowest BCUT2D eigenvalue weighted by molar-refractivity contribution is 0.285. The summed E-state index contributed by atoms with van der Waals surface area (Å²) in [5, 5.41) is 4.42. The third kappa shape index (κ3) is 4.04. The van der Waals surface area contributed by atoms with Crippen LogP contribution in [0.4, 0.5) is 0 Å². The van der Waals surface area contributed by atoms with E-state index in [-0.39, 0.29) is 12.4 Å². The molecule has 0 saturated carbocycles. The van der Waals surface area contributed by atoms with E-state index in [4.69, 9.17) is 0 Å². The highest BCUT2D eigenvalue weighted by Gasteiger charge is 2.20. The number of aromatic nitrogens is 1. The van der Waals surface area contributed by atoms with Crippen LogP contribution in [0.15, 0.2) is 65.7 Å². The van der Waals surface area contributed by atoms with E-state index in [1.165, 1.54) is 9.54 Å². The highest BCUT2D eigenvalue weighted by Crippen LogP contribution is 2.25. The zero-order valence-electron chi connectivity index (χ0n) is 15.0. The second-order valence-electron chi connectivity index (χ2n) is 6.66. The first-order chi connectivity index (χ1) is 12.7. The van der Waals surface area contributed by atoms with E-state index < -0.39 is 10.0 Å². The number of hydrogen-bond donors (Lipinski definition) is 1. The SMILES string of the molecule is Cl.O=S(=O)(c1ccccc1)n1ccc2c(CN3CCCNCC3)cccc21. The van der Waals surface area contributed by atoms with Crippen LogP contribution in [0, 0.1) is 0 Å². The molecule has 1 aromatic heterocycles. The van der Waals surface area contributed by atoms with Crippen LogP contribution >= 0.6 is 12.4 Å². The van der Waals surface area contributed by atoms with Crippen molar-refractivity contribution >= 4 is 33.3 Å². The fraction of sp³-hybridized carbons (Fsp3) is 0.300. The fourth-order valence-corrected chi connectivity index (χ4v) is 4.93. The molecule has 2 heterocycles. The third-order valence-electron chi connectivity index (χ3n) is 4.91. The van der Waals surface area contributed by atoms with Gasteiger partial charge < -0.3 is 5.32 Å². The van der Waals surface area contributed by atoms with Crippen molar-refractivity contribution < 1.29 is 8.42 Å². The Hall–Kier alpha value is -1.86. The van der Waals surface area contributed by atoms with Crippen molar-refractivity contribution in [2.75, 3.05) is 26.2 Å². The Labute approximate surface area is 166 Å². The quantitative estimate of drug-likeness (QED) is 0.724. The van der Waals surface area contributed by atoms with Crippen molar-refractivity contribution in [2.24, 2.45) is 0 Å². The Morgan fingerprint density at radius 3 is 2.56 bits per heavy atom. The van der Waals surface area contributed by atoms with Crippen LogP contribution in [0.25, 0.3) is 10.9 Å². The summed E-state index contributed by atoms with van der Waals surface area (Å²) in [6.45, 7) is 4.98. The summed E-state index contributed by atoms with van der Waals surface area (Å²) in [7, 11) is -3.58. The number of nitrogens with one attached hydrogen (secondary N) is 1. The Morgan fingerprint density at radius 1 is 0.926 bits per heavy atom. The molecule has 3 aromatic rings. The summed E-state index contributed by atoms with van der Waals surface area (Å²) in [4.78, 5) is 2.74. The predicted molar refractivity (Wildman–Crippen MR) is 111 cm³/mol. The van der Waals surface area contributed by atoms with E-state index in [9.17, 15) is 8.42 Å². The summed E-state index contributed by atoms with van der Waals surface area (Å²) in [6.07, 6.45) is 2.81. The van der Waals surface area contributed by atoms with Crippen LogP contribution in [-0.4, -0.2) is 43.5 Å². The Balaban J connectivity index is 0.00000210. The summed E-state index contributed by atoms with van der Waals surface area (Å²) < 4.78 is 27.4. The number of fused-ring (bicyclic) bond motifs is 1. The molecule has 0 atom stereocenters. The molecule has 7 heteroatoms. The molecule has 1 saturated heterocycles. The normalized spacial score (nSPS) is 16.0. The average molecular weight is 406 g/mol. The summed E-state index contributed by atoms with van der Waals surface area (Å²) in [5.41, 5.74) is 1.91. The van der Waals surface area contributed by atoms with Crippen molar-refractivity contribution in [1.29, 1.82) is 0 Å². The molecule has 0 bridgehead atoms. The van der Waals surface area contributed by atoms with E-state index in [0.29, 0.717) is 4.90 Å². The van der Waals surface area contributed by atoms with Crippen molar-refractivity contribution in [1.82, 2.24) is 14.2 Å². The molecule has 1 aliphatic heterocycles.